The van der Waals surface area contributed by atoms with Crippen molar-refractivity contribution >= 4 is 33.9 Å². The number of aliphatic carboxylic acids is 1. The fourth-order valence-electron chi connectivity index (χ4n) is 4.66. The van der Waals surface area contributed by atoms with E-state index in [1.807, 2.05) is 0 Å². The Morgan fingerprint density at radius 1 is 0.844 bits per heavy atom. The van der Waals surface area contributed by atoms with E-state index in [9.17, 15) is 39.6 Å². The summed E-state index contributed by atoms with van der Waals surface area (Å²) in [5.41, 5.74) is -2.94. The summed E-state index contributed by atoms with van der Waals surface area (Å²) in [7, 11) is 0. The molecule has 0 radical (unpaired) electrons. The van der Waals surface area contributed by atoms with Crippen molar-refractivity contribution in [2.45, 2.75) is 56.1 Å². The molecule has 0 spiro atoms. The molecule has 5 N–H and O–H groups in total. The number of aliphatic hydroxyl groups is 4. The predicted octanol–water partition coefficient (Wildman–Crippen LogP) is 1.04. The Labute approximate surface area is 252 Å². The van der Waals surface area contributed by atoms with Gasteiger partial charge in [0.1, 0.15) is 53.7 Å². The first kappa shape index (κ1) is 31.6. The van der Waals surface area contributed by atoms with Crippen LogP contribution in [0.2, 0.25) is 0 Å². The molecule has 0 saturated carbocycles. The Balaban J connectivity index is 1.27. The normalized spacial score (nSPS) is 22.9. The van der Waals surface area contributed by atoms with Gasteiger partial charge >= 0.3 is 23.2 Å². The van der Waals surface area contributed by atoms with Crippen molar-refractivity contribution in [1.29, 1.82) is 0 Å². The topological polar surface area (TPSA) is 233 Å². The van der Waals surface area contributed by atoms with Gasteiger partial charge in [-0.05, 0) is 43.3 Å². The van der Waals surface area contributed by atoms with Crippen molar-refractivity contribution in [3.63, 3.8) is 0 Å². The monoisotopic (exact) mass is 628 g/mol. The number of carboxylic acid groups (broad SMARTS) is 1. The average Bonchev–Trinajstić information content (AvgIpc) is 2.96. The summed E-state index contributed by atoms with van der Waals surface area (Å²) in [6.07, 6.45) is -9.53. The number of aliphatic hydroxyl groups excluding tert-OH is 3. The van der Waals surface area contributed by atoms with E-state index in [2.05, 4.69) is 0 Å². The Hall–Kier alpha value is -4.80. The molecule has 238 valence electrons. The number of fused-ring (bicyclic) bond motifs is 2. The third-order valence-corrected chi connectivity index (χ3v) is 6.88. The summed E-state index contributed by atoms with van der Waals surface area (Å²) < 4.78 is 32.4. The molecule has 15 nitrogen and oxygen atoms in total. The van der Waals surface area contributed by atoms with Crippen LogP contribution < -0.4 is 20.7 Å². The smallest absolute Gasteiger partial charge is 0.379 e. The SMILES string of the molecule is CC(O)(CC(=O)O)CC(=O)OC[C@H]1O[C@@H](Oc2ccc3cc(Oc4ccc5ccc(=O)oc5c4)c(=O)oc3c2)[C@H](O)[C@@H](O)[C@@H]1O. The van der Waals surface area contributed by atoms with Crippen molar-refractivity contribution in [2.75, 3.05) is 6.61 Å². The number of esters is 1. The molecule has 4 aromatic rings. The molecular formula is C30H28O15. The minimum atomic E-state index is -1.89. The maximum atomic E-state index is 12.7. The van der Waals surface area contributed by atoms with E-state index in [1.54, 1.807) is 18.2 Å². The quantitative estimate of drug-likeness (QED) is 0.122. The molecule has 1 unspecified atom stereocenters. The van der Waals surface area contributed by atoms with Crippen LogP contribution in [0.25, 0.3) is 21.9 Å². The highest BCUT2D eigenvalue weighted by atomic mass is 16.7. The Kier molecular flexibility index (Phi) is 8.90. The zero-order valence-corrected chi connectivity index (χ0v) is 23.5. The van der Waals surface area contributed by atoms with Crippen LogP contribution in [-0.4, -0.2) is 80.4 Å². The number of rotatable bonds is 10. The molecule has 0 bridgehead atoms. The minimum Gasteiger partial charge on any atom is -0.481 e. The summed E-state index contributed by atoms with van der Waals surface area (Å²) >= 11 is 0. The van der Waals surface area contributed by atoms with Gasteiger partial charge in [0, 0.05) is 29.0 Å². The number of hydrogen-bond acceptors (Lipinski definition) is 14. The third-order valence-electron chi connectivity index (χ3n) is 6.88. The van der Waals surface area contributed by atoms with E-state index < -0.39 is 78.9 Å². The van der Waals surface area contributed by atoms with E-state index in [0.29, 0.717) is 10.8 Å². The lowest BCUT2D eigenvalue weighted by Crippen LogP contribution is -2.60. The Morgan fingerprint density at radius 3 is 2.27 bits per heavy atom. The lowest BCUT2D eigenvalue weighted by atomic mass is 9.98. The van der Waals surface area contributed by atoms with Crippen LogP contribution in [0.1, 0.15) is 19.8 Å². The van der Waals surface area contributed by atoms with Gasteiger partial charge in [0.15, 0.2) is 0 Å². The zero-order chi connectivity index (χ0) is 32.5. The molecule has 1 aliphatic rings. The number of carboxylic acids is 1. The molecule has 1 fully saturated rings. The molecule has 6 atom stereocenters. The summed E-state index contributed by atoms with van der Waals surface area (Å²) in [5.74, 6) is -2.21. The van der Waals surface area contributed by atoms with Gasteiger partial charge in [-0.3, -0.25) is 9.59 Å². The van der Waals surface area contributed by atoms with E-state index in [1.165, 1.54) is 36.4 Å². The van der Waals surface area contributed by atoms with E-state index in [-0.39, 0.29) is 28.4 Å². The van der Waals surface area contributed by atoms with E-state index in [4.69, 9.17) is 32.9 Å². The molecule has 15 heteroatoms. The second-order valence-corrected chi connectivity index (χ2v) is 10.7. The van der Waals surface area contributed by atoms with Crippen molar-refractivity contribution in [3.8, 4) is 17.2 Å². The van der Waals surface area contributed by atoms with Gasteiger partial charge < -0.3 is 53.3 Å². The molecule has 2 aromatic carbocycles. The second kappa shape index (κ2) is 12.7. The van der Waals surface area contributed by atoms with Crippen molar-refractivity contribution in [2.24, 2.45) is 0 Å². The number of ether oxygens (including phenoxy) is 4. The zero-order valence-electron chi connectivity index (χ0n) is 23.5. The first-order valence-corrected chi connectivity index (χ1v) is 13.5. The maximum Gasteiger partial charge on any atom is 0.379 e. The van der Waals surface area contributed by atoms with Crippen molar-refractivity contribution in [1.82, 2.24) is 0 Å². The lowest BCUT2D eigenvalue weighted by Gasteiger charge is -2.40. The lowest BCUT2D eigenvalue weighted by molar-refractivity contribution is -0.278. The first-order chi connectivity index (χ1) is 21.3. The van der Waals surface area contributed by atoms with Crippen LogP contribution >= 0.6 is 0 Å². The molecular weight excluding hydrogens is 600 g/mol. The second-order valence-electron chi connectivity index (χ2n) is 10.7. The van der Waals surface area contributed by atoms with Crippen LogP contribution in [0.4, 0.5) is 0 Å². The highest BCUT2D eigenvalue weighted by Gasteiger charge is 2.45. The maximum absolute atomic E-state index is 12.7. The molecule has 1 aliphatic heterocycles. The summed E-state index contributed by atoms with van der Waals surface area (Å²) in [4.78, 5) is 47.2. The molecule has 2 aromatic heterocycles. The van der Waals surface area contributed by atoms with Crippen LogP contribution in [0.3, 0.4) is 0 Å². The number of benzene rings is 2. The fourth-order valence-corrected chi connectivity index (χ4v) is 4.66. The van der Waals surface area contributed by atoms with Crippen LogP contribution in [0.5, 0.6) is 17.2 Å². The fraction of sp³-hybridized carbons (Fsp3) is 0.333. The molecule has 0 aliphatic carbocycles. The van der Waals surface area contributed by atoms with Gasteiger partial charge in [0.05, 0.1) is 18.4 Å². The molecule has 0 amide bonds. The standard InChI is InChI=1S/C30H28O15/c1-30(39,11-22(31)32)12-24(34)40-13-21-25(35)26(36)27(37)29(45-21)42-17-6-3-15-8-20(28(38)44-19(15)10-17)41-16-5-2-14-4-7-23(33)43-18(14)9-16/h2-10,21,25-27,29,35-37,39H,11-13H2,1H3,(H,31,32)/t21-,25-,26+,27-,29-,30?/m1/s1. The number of carbonyl (C=O) groups is 2. The predicted molar refractivity (Wildman–Crippen MR) is 151 cm³/mol. The van der Waals surface area contributed by atoms with Gasteiger partial charge in [-0.15, -0.1) is 0 Å². The van der Waals surface area contributed by atoms with Gasteiger partial charge in [0.2, 0.25) is 12.0 Å². The third kappa shape index (κ3) is 7.47. The summed E-state index contributed by atoms with van der Waals surface area (Å²) in [6, 6.07) is 13.3. The van der Waals surface area contributed by atoms with Gasteiger partial charge in [-0.1, -0.05) is 0 Å². The summed E-state index contributed by atoms with van der Waals surface area (Å²) in [6.45, 7) is 0.524. The Bertz CT molecular complexity index is 1840. The summed E-state index contributed by atoms with van der Waals surface area (Å²) in [5, 5.41) is 51.1. The van der Waals surface area contributed by atoms with Crippen molar-refractivity contribution < 1.29 is 62.9 Å². The highest BCUT2D eigenvalue weighted by molar-refractivity contribution is 5.80. The number of carbonyl (C=O) groups excluding carboxylic acids is 1. The molecule has 3 heterocycles. The minimum absolute atomic E-state index is 0.0389. The van der Waals surface area contributed by atoms with E-state index >= 15 is 0 Å². The highest BCUT2D eigenvalue weighted by Crippen LogP contribution is 2.30. The number of hydrogen-bond donors (Lipinski definition) is 5. The van der Waals surface area contributed by atoms with Crippen LogP contribution in [0.15, 0.2) is 73.0 Å². The average molecular weight is 629 g/mol. The van der Waals surface area contributed by atoms with Crippen LogP contribution in [0, 0.1) is 0 Å². The Morgan fingerprint density at radius 2 is 1.51 bits per heavy atom. The van der Waals surface area contributed by atoms with Gasteiger partial charge in [-0.25, -0.2) is 9.59 Å². The molecule has 45 heavy (non-hydrogen) atoms. The largest absolute Gasteiger partial charge is 0.481 e. The molecule has 5 rings (SSSR count). The van der Waals surface area contributed by atoms with Gasteiger partial charge in [-0.2, -0.15) is 0 Å². The van der Waals surface area contributed by atoms with Gasteiger partial charge in [0.25, 0.3) is 0 Å². The van der Waals surface area contributed by atoms with E-state index in [0.717, 1.165) is 6.92 Å². The first-order valence-electron chi connectivity index (χ1n) is 13.5. The molecule has 1 saturated heterocycles. The van der Waals surface area contributed by atoms with Crippen LogP contribution in [-0.2, 0) is 19.1 Å². The van der Waals surface area contributed by atoms with Crippen molar-refractivity contribution in [3.05, 3.63) is 75.4 Å².